The summed E-state index contributed by atoms with van der Waals surface area (Å²) in [6.45, 7) is 2.55. The van der Waals surface area contributed by atoms with E-state index in [4.69, 9.17) is 9.47 Å². The summed E-state index contributed by atoms with van der Waals surface area (Å²) in [4.78, 5) is 4.44. The van der Waals surface area contributed by atoms with Crippen LogP contribution < -0.4 is 9.47 Å². The first-order valence-corrected chi connectivity index (χ1v) is 10.1. The van der Waals surface area contributed by atoms with Gasteiger partial charge in [-0.15, -0.1) is 0 Å². The number of benzene rings is 1. The van der Waals surface area contributed by atoms with Crippen LogP contribution in [0.25, 0.3) is 0 Å². The predicted octanol–water partition coefficient (Wildman–Crippen LogP) is 3.00. The lowest BCUT2D eigenvalue weighted by Gasteiger charge is -2.18. The zero-order chi connectivity index (χ0) is 18.0. The number of pyridine rings is 1. The molecule has 2 heterocycles. The fourth-order valence-corrected chi connectivity index (χ4v) is 4.71. The Kier molecular flexibility index (Phi) is 5.31. The van der Waals surface area contributed by atoms with E-state index in [0.29, 0.717) is 31.1 Å². The highest BCUT2D eigenvalue weighted by atomic mass is 79.9. The molecule has 1 aromatic carbocycles. The van der Waals surface area contributed by atoms with Gasteiger partial charge in [-0.3, -0.25) is 0 Å². The molecule has 1 aliphatic rings. The molecule has 0 spiro atoms. The summed E-state index contributed by atoms with van der Waals surface area (Å²) in [5.74, 6) is 1.15. The molecule has 134 valence electrons. The first kappa shape index (κ1) is 18.2. The van der Waals surface area contributed by atoms with Crippen molar-refractivity contribution in [3.63, 3.8) is 0 Å². The average molecular weight is 427 g/mol. The highest BCUT2D eigenvalue weighted by Gasteiger charge is 2.34. The first-order valence-electron chi connectivity index (χ1n) is 7.84. The smallest absolute Gasteiger partial charge is 0.243 e. The fraction of sp³-hybridized carbons (Fsp3) is 0.353. The second kappa shape index (κ2) is 7.31. The van der Waals surface area contributed by atoms with Crippen LogP contribution in [0.5, 0.6) is 11.6 Å². The number of hydrogen-bond donors (Lipinski definition) is 0. The summed E-state index contributed by atoms with van der Waals surface area (Å²) in [5, 5.41) is 0. The third-order valence-electron chi connectivity index (χ3n) is 4.11. The number of aromatic nitrogens is 1. The minimum absolute atomic E-state index is 0.222. The molecular formula is C17H19BrN2O4S. The van der Waals surface area contributed by atoms with Crippen molar-refractivity contribution in [3.05, 3.63) is 46.6 Å². The molecule has 1 unspecified atom stereocenters. The van der Waals surface area contributed by atoms with Gasteiger partial charge in [0.05, 0.1) is 23.0 Å². The number of methoxy groups -OCH3 is 1. The number of hydrogen-bond acceptors (Lipinski definition) is 5. The van der Waals surface area contributed by atoms with Crippen molar-refractivity contribution in [2.24, 2.45) is 0 Å². The maximum Gasteiger partial charge on any atom is 0.243 e. The molecule has 0 N–H and O–H groups in total. The van der Waals surface area contributed by atoms with Gasteiger partial charge in [-0.25, -0.2) is 13.4 Å². The van der Waals surface area contributed by atoms with Gasteiger partial charge in [0.2, 0.25) is 15.9 Å². The van der Waals surface area contributed by atoms with Crippen LogP contribution in [0.1, 0.15) is 12.0 Å². The molecule has 0 aliphatic carbocycles. The molecule has 1 saturated heterocycles. The number of rotatable bonds is 5. The van der Waals surface area contributed by atoms with E-state index in [-0.39, 0.29) is 11.0 Å². The Morgan fingerprint density at radius 1 is 1.32 bits per heavy atom. The van der Waals surface area contributed by atoms with E-state index in [1.54, 1.807) is 37.6 Å². The van der Waals surface area contributed by atoms with Crippen molar-refractivity contribution in [1.82, 2.24) is 9.29 Å². The largest absolute Gasteiger partial charge is 0.496 e. The van der Waals surface area contributed by atoms with Gasteiger partial charge in [0, 0.05) is 12.7 Å². The van der Waals surface area contributed by atoms with E-state index in [1.807, 2.05) is 13.0 Å². The maximum atomic E-state index is 12.9. The monoisotopic (exact) mass is 426 g/mol. The molecule has 1 atom stereocenters. The average Bonchev–Trinajstić information content (AvgIpc) is 3.06. The van der Waals surface area contributed by atoms with Crippen LogP contribution in [0.15, 0.2) is 45.9 Å². The van der Waals surface area contributed by atoms with Crippen LogP contribution in [-0.4, -0.2) is 44.0 Å². The molecule has 0 radical (unpaired) electrons. The SMILES string of the molecule is COc1ccc(S(=O)(=O)N2CCC(Oc3ncccc3Br)C2)cc1C. The summed E-state index contributed by atoms with van der Waals surface area (Å²) in [5.41, 5.74) is 0.785. The molecule has 0 amide bonds. The summed E-state index contributed by atoms with van der Waals surface area (Å²) < 4.78 is 39.0. The van der Waals surface area contributed by atoms with Gasteiger partial charge >= 0.3 is 0 Å². The summed E-state index contributed by atoms with van der Waals surface area (Å²) in [7, 11) is -1.99. The van der Waals surface area contributed by atoms with E-state index < -0.39 is 10.0 Å². The zero-order valence-corrected chi connectivity index (χ0v) is 16.4. The maximum absolute atomic E-state index is 12.9. The topological polar surface area (TPSA) is 68.7 Å². The Hall–Kier alpha value is -1.64. The van der Waals surface area contributed by atoms with Crippen LogP contribution in [-0.2, 0) is 10.0 Å². The minimum atomic E-state index is -3.56. The Morgan fingerprint density at radius 2 is 2.12 bits per heavy atom. The molecule has 1 fully saturated rings. The van der Waals surface area contributed by atoms with Crippen LogP contribution in [0.4, 0.5) is 0 Å². The third kappa shape index (κ3) is 3.80. The van der Waals surface area contributed by atoms with Crippen LogP contribution >= 0.6 is 15.9 Å². The number of aryl methyl sites for hydroxylation is 1. The van der Waals surface area contributed by atoms with Crippen molar-refractivity contribution in [2.45, 2.75) is 24.3 Å². The fourth-order valence-electron chi connectivity index (χ4n) is 2.79. The molecule has 25 heavy (non-hydrogen) atoms. The van der Waals surface area contributed by atoms with Gasteiger partial charge in [0.1, 0.15) is 11.9 Å². The van der Waals surface area contributed by atoms with Gasteiger partial charge in [-0.1, -0.05) is 0 Å². The normalized spacial score (nSPS) is 18.3. The van der Waals surface area contributed by atoms with Crippen molar-refractivity contribution >= 4 is 26.0 Å². The second-order valence-electron chi connectivity index (χ2n) is 5.81. The van der Waals surface area contributed by atoms with Gasteiger partial charge in [0.25, 0.3) is 0 Å². The first-order chi connectivity index (χ1) is 11.9. The summed E-state index contributed by atoms with van der Waals surface area (Å²) >= 11 is 3.39. The molecular weight excluding hydrogens is 408 g/mol. The molecule has 0 saturated carbocycles. The van der Waals surface area contributed by atoms with E-state index in [1.165, 1.54) is 4.31 Å². The number of sulfonamides is 1. The summed E-state index contributed by atoms with van der Waals surface area (Å²) in [6.07, 6.45) is 2.04. The molecule has 8 heteroatoms. The molecule has 1 aliphatic heterocycles. The molecule has 1 aromatic heterocycles. The lowest BCUT2D eigenvalue weighted by atomic mass is 10.2. The van der Waals surface area contributed by atoms with Crippen LogP contribution in [0, 0.1) is 6.92 Å². The predicted molar refractivity (Wildman–Crippen MR) is 97.5 cm³/mol. The van der Waals surface area contributed by atoms with E-state index in [2.05, 4.69) is 20.9 Å². The van der Waals surface area contributed by atoms with Crippen LogP contribution in [0.3, 0.4) is 0 Å². The summed E-state index contributed by atoms with van der Waals surface area (Å²) in [6, 6.07) is 8.53. The standard InChI is InChI=1S/C17H19BrN2O4S/c1-12-10-14(5-6-16(12)23-2)25(21,22)20-9-7-13(11-20)24-17-15(18)4-3-8-19-17/h3-6,8,10,13H,7,9,11H2,1-2H3. The quantitative estimate of drug-likeness (QED) is 0.734. The van der Waals surface area contributed by atoms with Gasteiger partial charge < -0.3 is 9.47 Å². The lowest BCUT2D eigenvalue weighted by Crippen LogP contribution is -2.31. The second-order valence-corrected chi connectivity index (χ2v) is 8.61. The Morgan fingerprint density at radius 3 is 2.80 bits per heavy atom. The molecule has 6 nitrogen and oxygen atoms in total. The minimum Gasteiger partial charge on any atom is -0.496 e. The number of halogens is 1. The number of ether oxygens (including phenoxy) is 2. The molecule has 3 rings (SSSR count). The van der Waals surface area contributed by atoms with Crippen molar-refractivity contribution < 1.29 is 17.9 Å². The molecule has 2 aromatic rings. The Bertz CT molecular complexity index is 873. The van der Waals surface area contributed by atoms with E-state index in [0.717, 1.165) is 10.0 Å². The zero-order valence-electron chi connectivity index (χ0n) is 14.0. The highest BCUT2D eigenvalue weighted by Crippen LogP contribution is 2.28. The molecule has 0 bridgehead atoms. The Labute approximate surface area is 156 Å². The van der Waals surface area contributed by atoms with Crippen molar-refractivity contribution in [2.75, 3.05) is 20.2 Å². The number of nitrogens with zero attached hydrogens (tertiary/aromatic N) is 2. The van der Waals surface area contributed by atoms with E-state index >= 15 is 0 Å². The van der Waals surface area contributed by atoms with Gasteiger partial charge in [-0.2, -0.15) is 4.31 Å². The van der Waals surface area contributed by atoms with Gasteiger partial charge in [0.15, 0.2) is 0 Å². The third-order valence-corrected chi connectivity index (χ3v) is 6.58. The Balaban J connectivity index is 1.74. The lowest BCUT2D eigenvalue weighted by molar-refractivity contribution is 0.205. The van der Waals surface area contributed by atoms with Crippen molar-refractivity contribution in [3.8, 4) is 11.6 Å². The van der Waals surface area contributed by atoms with Crippen molar-refractivity contribution in [1.29, 1.82) is 0 Å². The van der Waals surface area contributed by atoms with Gasteiger partial charge in [-0.05, 0) is 65.2 Å². The highest BCUT2D eigenvalue weighted by molar-refractivity contribution is 9.10. The van der Waals surface area contributed by atoms with E-state index in [9.17, 15) is 8.42 Å². The van der Waals surface area contributed by atoms with Crippen LogP contribution in [0.2, 0.25) is 0 Å².